The van der Waals surface area contributed by atoms with Gasteiger partial charge in [0.25, 0.3) is 0 Å². The summed E-state index contributed by atoms with van der Waals surface area (Å²) in [6, 6.07) is -0.000579. The lowest BCUT2D eigenvalue weighted by molar-refractivity contribution is -0.00928. The van der Waals surface area contributed by atoms with Gasteiger partial charge in [0, 0.05) is 19.7 Å². The summed E-state index contributed by atoms with van der Waals surface area (Å²) < 4.78 is 9.91. The van der Waals surface area contributed by atoms with Crippen LogP contribution in [0.4, 0.5) is 4.79 Å². The first kappa shape index (κ1) is 16.1. The summed E-state index contributed by atoms with van der Waals surface area (Å²) in [7, 11) is 1.61. The molecule has 0 aliphatic carbocycles. The summed E-state index contributed by atoms with van der Waals surface area (Å²) in [6.07, 6.45) is -0.428. The van der Waals surface area contributed by atoms with E-state index in [1.54, 1.807) is 7.11 Å². The van der Waals surface area contributed by atoms with Crippen molar-refractivity contribution in [1.29, 1.82) is 0 Å². The Kier molecular flexibility index (Phi) is 7.86. The first-order chi connectivity index (χ1) is 7.85. The van der Waals surface area contributed by atoms with Crippen LogP contribution in [-0.4, -0.2) is 44.6 Å². The summed E-state index contributed by atoms with van der Waals surface area (Å²) in [4.78, 5) is 16.4. The highest BCUT2D eigenvalue weighted by Gasteiger charge is 2.16. The second-order valence-corrected chi connectivity index (χ2v) is 4.74. The summed E-state index contributed by atoms with van der Waals surface area (Å²) in [5.74, 6) is 0. The fourth-order valence-corrected chi connectivity index (χ4v) is 0.918. The maximum atomic E-state index is 11.3. The maximum Gasteiger partial charge on any atom is 0.407 e. The van der Waals surface area contributed by atoms with Gasteiger partial charge in [0.1, 0.15) is 5.60 Å². The molecule has 17 heavy (non-hydrogen) atoms. The number of hydrogen-bond donors (Lipinski definition) is 2. The van der Waals surface area contributed by atoms with E-state index in [4.69, 9.17) is 14.3 Å². The Balaban J connectivity index is 3.55. The minimum absolute atomic E-state index is 0.000579. The Morgan fingerprint density at radius 1 is 1.29 bits per heavy atom. The lowest BCUT2D eigenvalue weighted by atomic mass is 10.2. The van der Waals surface area contributed by atoms with Crippen LogP contribution >= 0.6 is 0 Å². The predicted octanol–water partition coefficient (Wildman–Crippen LogP) is 1.07. The lowest BCUT2D eigenvalue weighted by Crippen LogP contribution is -2.41. The number of alkyl carbamates (subject to hydrolysis) is 1. The molecule has 0 aromatic rings. The molecule has 102 valence electrons. The molecule has 0 spiro atoms. The highest BCUT2D eigenvalue weighted by molar-refractivity contribution is 5.67. The number of hydrogen-bond acceptors (Lipinski definition) is 5. The molecule has 0 aromatic heterocycles. The highest BCUT2D eigenvalue weighted by Crippen LogP contribution is 2.06. The van der Waals surface area contributed by atoms with Crippen molar-refractivity contribution in [3.63, 3.8) is 0 Å². The molecule has 0 heterocycles. The molecule has 2 N–H and O–H groups in total. The Hall–Kier alpha value is -0.850. The molecule has 0 aromatic carbocycles. The number of rotatable bonds is 7. The Morgan fingerprint density at radius 2 is 1.94 bits per heavy atom. The van der Waals surface area contributed by atoms with Crippen molar-refractivity contribution in [1.82, 2.24) is 10.8 Å². The van der Waals surface area contributed by atoms with E-state index in [-0.39, 0.29) is 6.04 Å². The molecule has 1 unspecified atom stereocenters. The molecule has 0 saturated carbocycles. The summed E-state index contributed by atoms with van der Waals surface area (Å²) in [6.45, 7) is 8.78. The van der Waals surface area contributed by atoms with Crippen molar-refractivity contribution < 1.29 is 19.1 Å². The van der Waals surface area contributed by atoms with Gasteiger partial charge in [-0.1, -0.05) is 0 Å². The molecule has 0 radical (unpaired) electrons. The van der Waals surface area contributed by atoms with E-state index in [1.807, 2.05) is 27.7 Å². The number of carbonyl (C=O) groups is 1. The number of nitrogens with one attached hydrogen (secondary N) is 2. The van der Waals surface area contributed by atoms with Crippen LogP contribution in [0.1, 0.15) is 27.7 Å². The van der Waals surface area contributed by atoms with Gasteiger partial charge in [-0.05, 0) is 27.7 Å². The maximum absolute atomic E-state index is 11.3. The number of carbonyl (C=O) groups excluding carboxylic acids is 1. The number of ether oxygens (including phenoxy) is 2. The Bertz CT molecular complexity index is 216. The molecule has 1 amide bonds. The fourth-order valence-electron chi connectivity index (χ4n) is 0.918. The third kappa shape index (κ3) is 11.4. The van der Waals surface area contributed by atoms with Gasteiger partial charge in [-0.15, -0.1) is 0 Å². The van der Waals surface area contributed by atoms with Crippen molar-refractivity contribution in [2.75, 3.05) is 26.9 Å². The normalized spacial score (nSPS) is 13.2. The first-order valence-electron chi connectivity index (χ1n) is 5.68. The smallest absolute Gasteiger partial charge is 0.407 e. The quantitative estimate of drug-likeness (QED) is 0.521. The van der Waals surface area contributed by atoms with E-state index in [0.29, 0.717) is 19.8 Å². The predicted molar refractivity (Wildman–Crippen MR) is 64.7 cm³/mol. The average molecular weight is 248 g/mol. The van der Waals surface area contributed by atoms with Gasteiger partial charge in [0.2, 0.25) is 0 Å². The zero-order valence-corrected chi connectivity index (χ0v) is 11.3. The van der Waals surface area contributed by atoms with Crippen molar-refractivity contribution in [2.45, 2.75) is 39.3 Å². The van der Waals surface area contributed by atoms with E-state index in [2.05, 4.69) is 10.8 Å². The van der Waals surface area contributed by atoms with Crippen LogP contribution in [0.3, 0.4) is 0 Å². The molecule has 0 fully saturated rings. The van der Waals surface area contributed by atoms with Gasteiger partial charge >= 0.3 is 6.09 Å². The third-order valence-electron chi connectivity index (χ3n) is 1.63. The highest BCUT2D eigenvalue weighted by atomic mass is 16.7. The van der Waals surface area contributed by atoms with E-state index in [1.165, 1.54) is 0 Å². The van der Waals surface area contributed by atoms with E-state index in [0.717, 1.165) is 0 Å². The number of amides is 1. The summed E-state index contributed by atoms with van der Waals surface area (Å²) >= 11 is 0. The zero-order valence-electron chi connectivity index (χ0n) is 11.3. The summed E-state index contributed by atoms with van der Waals surface area (Å²) in [5.41, 5.74) is 2.31. The Morgan fingerprint density at radius 3 is 2.47 bits per heavy atom. The number of methoxy groups -OCH3 is 1. The van der Waals surface area contributed by atoms with Crippen molar-refractivity contribution in [3.8, 4) is 0 Å². The van der Waals surface area contributed by atoms with E-state index < -0.39 is 11.7 Å². The number of hydroxylamine groups is 1. The first-order valence-corrected chi connectivity index (χ1v) is 5.68. The second-order valence-electron chi connectivity index (χ2n) is 4.74. The van der Waals surface area contributed by atoms with E-state index >= 15 is 0 Å². The van der Waals surface area contributed by atoms with Gasteiger partial charge in [-0.25, -0.2) is 4.79 Å². The molecule has 6 heteroatoms. The zero-order chi connectivity index (χ0) is 13.3. The van der Waals surface area contributed by atoms with Crippen LogP contribution in [0.25, 0.3) is 0 Å². The molecule has 0 aliphatic rings. The van der Waals surface area contributed by atoms with Crippen molar-refractivity contribution in [3.05, 3.63) is 0 Å². The molecule has 6 nitrogen and oxygen atoms in total. The van der Waals surface area contributed by atoms with Gasteiger partial charge < -0.3 is 14.8 Å². The molecule has 1 atom stereocenters. The van der Waals surface area contributed by atoms with Crippen molar-refractivity contribution in [2.24, 2.45) is 0 Å². The van der Waals surface area contributed by atoms with Gasteiger partial charge in [-0.2, -0.15) is 5.48 Å². The molecule has 0 rings (SSSR count). The molecular formula is C11H24N2O4. The Labute approximate surface area is 103 Å². The summed E-state index contributed by atoms with van der Waals surface area (Å²) in [5, 5.41) is 2.64. The third-order valence-corrected chi connectivity index (χ3v) is 1.63. The van der Waals surface area contributed by atoms with Crippen LogP contribution in [0.15, 0.2) is 0 Å². The largest absolute Gasteiger partial charge is 0.444 e. The van der Waals surface area contributed by atoms with Crippen LogP contribution in [0, 0.1) is 0 Å². The van der Waals surface area contributed by atoms with Crippen molar-refractivity contribution >= 4 is 6.09 Å². The minimum Gasteiger partial charge on any atom is -0.444 e. The SMILES string of the molecule is COCCONC(C)CNC(=O)OC(C)(C)C. The molecule has 0 saturated heterocycles. The second kappa shape index (κ2) is 8.27. The minimum atomic E-state index is -0.476. The topological polar surface area (TPSA) is 68.8 Å². The van der Waals surface area contributed by atoms with Crippen LogP contribution < -0.4 is 10.8 Å². The van der Waals surface area contributed by atoms with Crippen LogP contribution in [-0.2, 0) is 14.3 Å². The van der Waals surface area contributed by atoms with Gasteiger partial charge in [-0.3, -0.25) is 4.84 Å². The molecule has 0 bridgehead atoms. The van der Waals surface area contributed by atoms with E-state index in [9.17, 15) is 4.79 Å². The van der Waals surface area contributed by atoms with Crippen LogP contribution in [0.2, 0.25) is 0 Å². The molecule has 0 aliphatic heterocycles. The standard InChI is InChI=1S/C11H24N2O4/c1-9(13-16-7-6-15-5)8-12-10(14)17-11(2,3)4/h9,13H,6-8H2,1-5H3,(H,12,14). The fraction of sp³-hybridized carbons (Fsp3) is 0.909. The van der Waals surface area contributed by atoms with Gasteiger partial charge in [0.05, 0.1) is 13.2 Å². The lowest BCUT2D eigenvalue weighted by Gasteiger charge is -2.21. The van der Waals surface area contributed by atoms with Gasteiger partial charge in [0.15, 0.2) is 0 Å². The monoisotopic (exact) mass is 248 g/mol. The van der Waals surface area contributed by atoms with Crippen LogP contribution in [0.5, 0.6) is 0 Å². The molecular weight excluding hydrogens is 224 g/mol. The average Bonchev–Trinajstić information content (AvgIpc) is 2.19.